The van der Waals surface area contributed by atoms with Crippen molar-refractivity contribution in [3.05, 3.63) is 73.9 Å². The van der Waals surface area contributed by atoms with Gasteiger partial charge in [-0.1, -0.05) is 23.3 Å². The number of H-pyrrole nitrogens is 1. The Morgan fingerprint density at radius 3 is 2.71 bits per heavy atom. The highest BCUT2D eigenvalue weighted by atomic mass is 31.1. The summed E-state index contributed by atoms with van der Waals surface area (Å²) in [6.07, 6.45) is -1.61. The Kier molecular flexibility index (Phi) is 8.67. The summed E-state index contributed by atoms with van der Waals surface area (Å²) < 4.78 is 17.6. The van der Waals surface area contributed by atoms with E-state index in [0.717, 1.165) is 10.6 Å². The van der Waals surface area contributed by atoms with E-state index in [2.05, 4.69) is 15.0 Å². The molecule has 4 atom stereocenters. The second-order valence-corrected chi connectivity index (χ2v) is 6.27. The van der Waals surface area contributed by atoms with Crippen molar-refractivity contribution in [1.29, 1.82) is 0 Å². The maximum atomic E-state index is 12.0. The van der Waals surface area contributed by atoms with Crippen molar-refractivity contribution in [2.24, 2.45) is 5.11 Å². The summed E-state index contributed by atoms with van der Waals surface area (Å²) >= 11 is 0. The van der Waals surface area contributed by atoms with Crippen LogP contribution in [-0.2, 0) is 9.26 Å². The van der Waals surface area contributed by atoms with E-state index in [1.807, 2.05) is 18.2 Å². The first-order chi connectivity index (χ1) is 13.5. The number of aliphatic hydroxyl groups excluding tert-OH is 1. The van der Waals surface area contributed by atoms with Gasteiger partial charge >= 0.3 is 5.69 Å². The van der Waals surface area contributed by atoms with E-state index >= 15 is 0 Å². The minimum Gasteiger partial charge on any atom is -0.450 e. The Balaban J connectivity index is 2.02. The monoisotopic (exact) mass is 409 g/mol. The zero-order valence-corrected chi connectivity index (χ0v) is 16.0. The van der Waals surface area contributed by atoms with Gasteiger partial charge in [-0.2, -0.15) is 0 Å². The van der Waals surface area contributed by atoms with Gasteiger partial charge in [0.2, 0.25) is 9.03 Å². The van der Waals surface area contributed by atoms with Crippen molar-refractivity contribution in [3.63, 3.8) is 0 Å². The highest BCUT2D eigenvalue weighted by Gasteiger charge is 2.23. The van der Waals surface area contributed by atoms with E-state index in [0.29, 0.717) is 5.75 Å². The van der Waals surface area contributed by atoms with Crippen molar-refractivity contribution in [3.8, 4) is 5.75 Å². The minimum absolute atomic E-state index is 0.0339. The highest BCUT2D eigenvalue weighted by Crippen LogP contribution is 2.22. The lowest BCUT2D eigenvalue weighted by molar-refractivity contribution is -0.111. The van der Waals surface area contributed by atoms with Crippen LogP contribution in [0.5, 0.6) is 5.75 Å². The van der Waals surface area contributed by atoms with Crippen molar-refractivity contribution in [2.75, 3.05) is 13.2 Å². The van der Waals surface area contributed by atoms with Crippen LogP contribution < -0.4 is 15.8 Å². The molecule has 1 heterocycles. The molecule has 0 aliphatic heterocycles. The molecule has 0 saturated carbocycles. The molecule has 0 spiro atoms. The van der Waals surface area contributed by atoms with Gasteiger partial charge in [0, 0.05) is 17.2 Å². The molecule has 0 fully saturated rings. The molecule has 0 saturated heterocycles. The van der Waals surface area contributed by atoms with E-state index in [1.54, 1.807) is 12.1 Å². The summed E-state index contributed by atoms with van der Waals surface area (Å²) in [7, 11) is -0.334. The van der Waals surface area contributed by atoms with Crippen LogP contribution in [0, 0.1) is 0 Å². The molecule has 0 amide bonds. The number of para-hydroxylation sites is 1. The van der Waals surface area contributed by atoms with Crippen LogP contribution in [0.4, 0.5) is 0 Å². The average molecular weight is 409 g/mol. The SMILES string of the molecule is C[C@H](O)[C@@H](COPOc1ccccc1)O[C@H](CN=[N+]=[N-])n1ccc(=O)[nH]c1=O. The largest absolute Gasteiger partial charge is 0.450 e. The van der Waals surface area contributed by atoms with Crippen LogP contribution >= 0.6 is 9.03 Å². The van der Waals surface area contributed by atoms with Crippen LogP contribution in [-0.4, -0.2) is 40.0 Å². The lowest BCUT2D eigenvalue weighted by Gasteiger charge is -2.26. The van der Waals surface area contributed by atoms with E-state index in [1.165, 1.54) is 13.1 Å². The number of hydrogen-bond donors (Lipinski definition) is 2. The van der Waals surface area contributed by atoms with Gasteiger partial charge < -0.3 is 18.9 Å². The number of ether oxygens (including phenoxy) is 1. The maximum Gasteiger partial charge on any atom is 0.330 e. The van der Waals surface area contributed by atoms with E-state index in [-0.39, 0.29) is 22.2 Å². The third kappa shape index (κ3) is 6.80. The first kappa shape index (κ1) is 21.6. The van der Waals surface area contributed by atoms with E-state index < -0.39 is 29.7 Å². The fourth-order valence-electron chi connectivity index (χ4n) is 2.13. The third-order valence-corrected chi connectivity index (χ3v) is 4.15. The average Bonchev–Trinajstić information content (AvgIpc) is 2.68. The van der Waals surface area contributed by atoms with Crippen molar-refractivity contribution in [1.82, 2.24) is 9.55 Å². The molecule has 1 aromatic carbocycles. The Morgan fingerprint density at radius 1 is 1.32 bits per heavy atom. The standard InChI is InChI=1S/C16H20N5O6P/c1-11(22)13(10-25-28-27-12-5-3-2-4-6-12)26-15(9-18-20-17)21-8-7-14(23)19-16(21)24/h2-8,11,13,15,22,28H,9-10H2,1H3,(H,19,23,24)/t11-,13+,15+/m0/s1. The summed E-state index contributed by atoms with van der Waals surface area (Å²) in [5, 5.41) is 13.4. The first-order valence-corrected chi connectivity index (χ1v) is 9.07. The van der Waals surface area contributed by atoms with Crippen LogP contribution in [0.3, 0.4) is 0 Å². The second-order valence-electron chi connectivity index (χ2n) is 5.61. The van der Waals surface area contributed by atoms with Gasteiger partial charge in [-0.15, -0.1) is 0 Å². The first-order valence-electron chi connectivity index (χ1n) is 8.26. The normalized spacial score (nSPS) is 14.4. The van der Waals surface area contributed by atoms with Gasteiger partial charge in [0.05, 0.1) is 19.3 Å². The number of hydrogen-bond acceptors (Lipinski definition) is 7. The molecule has 11 nitrogen and oxygen atoms in total. The minimum atomic E-state index is -1.04. The Bertz CT molecular complexity index is 896. The Hall–Kier alpha value is -2.68. The molecule has 1 aromatic heterocycles. The number of aromatic amines is 1. The van der Waals surface area contributed by atoms with Gasteiger partial charge in [0.1, 0.15) is 18.1 Å². The number of aromatic nitrogens is 2. The molecule has 0 aliphatic carbocycles. The molecule has 28 heavy (non-hydrogen) atoms. The van der Waals surface area contributed by atoms with E-state index in [9.17, 15) is 14.7 Å². The fraction of sp³-hybridized carbons (Fsp3) is 0.375. The molecule has 0 radical (unpaired) electrons. The van der Waals surface area contributed by atoms with Crippen LogP contribution in [0.25, 0.3) is 10.4 Å². The predicted octanol–water partition coefficient (Wildman–Crippen LogP) is 1.72. The van der Waals surface area contributed by atoms with Gasteiger partial charge in [0.25, 0.3) is 5.56 Å². The topological polar surface area (TPSA) is 152 Å². The third-order valence-electron chi connectivity index (χ3n) is 3.54. The second kappa shape index (κ2) is 11.2. The van der Waals surface area contributed by atoms with E-state index in [4.69, 9.17) is 19.3 Å². The molecule has 0 aliphatic rings. The van der Waals surface area contributed by atoms with Crippen molar-refractivity contribution >= 4 is 9.03 Å². The summed E-state index contributed by atoms with van der Waals surface area (Å²) in [5.41, 5.74) is 7.27. The number of aliphatic hydroxyl groups is 1. The van der Waals surface area contributed by atoms with Crippen molar-refractivity contribution < 1.29 is 18.9 Å². The lowest BCUT2D eigenvalue weighted by Crippen LogP contribution is -2.39. The molecule has 150 valence electrons. The summed E-state index contributed by atoms with van der Waals surface area (Å²) in [6.45, 7) is 1.23. The summed E-state index contributed by atoms with van der Waals surface area (Å²) in [6, 6.07) is 10.2. The predicted molar refractivity (Wildman–Crippen MR) is 102 cm³/mol. The molecule has 2 N–H and O–H groups in total. The number of benzene rings is 1. The van der Waals surface area contributed by atoms with Crippen LogP contribution in [0.1, 0.15) is 13.2 Å². The maximum absolute atomic E-state index is 12.0. The van der Waals surface area contributed by atoms with Crippen LogP contribution in [0.15, 0.2) is 57.3 Å². The Labute approximate surface area is 161 Å². The molecule has 1 unspecified atom stereocenters. The molecule has 12 heteroatoms. The van der Waals surface area contributed by atoms with Gasteiger partial charge in [-0.25, -0.2) is 4.79 Å². The number of rotatable bonds is 11. The molecular weight excluding hydrogens is 389 g/mol. The molecular formula is C16H20N5O6P. The zero-order chi connectivity index (χ0) is 20.4. The van der Waals surface area contributed by atoms with Gasteiger partial charge in [-0.05, 0) is 24.6 Å². The zero-order valence-electron chi connectivity index (χ0n) is 15.0. The smallest absolute Gasteiger partial charge is 0.330 e. The fourth-order valence-corrected chi connectivity index (χ4v) is 2.66. The number of nitrogens with one attached hydrogen (secondary N) is 1. The molecule has 0 bridgehead atoms. The van der Waals surface area contributed by atoms with Gasteiger partial charge in [-0.3, -0.25) is 14.3 Å². The highest BCUT2D eigenvalue weighted by molar-refractivity contribution is 7.26. The quantitative estimate of drug-likeness (QED) is 0.189. The number of azide groups is 1. The summed E-state index contributed by atoms with van der Waals surface area (Å²) in [4.78, 5) is 28.0. The number of nitrogens with zero attached hydrogens (tertiary/aromatic N) is 4. The Morgan fingerprint density at radius 2 is 2.07 bits per heavy atom. The van der Waals surface area contributed by atoms with Crippen molar-refractivity contribution in [2.45, 2.75) is 25.4 Å². The molecule has 2 rings (SSSR count). The van der Waals surface area contributed by atoms with Gasteiger partial charge in [0.15, 0.2) is 0 Å². The molecule has 2 aromatic rings. The lowest BCUT2D eigenvalue weighted by atomic mass is 10.2. The van der Waals surface area contributed by atoms with Crippen LogP contribution in [0.2, 0.25) is 0 Å². The summed E-state index contributed by atoms with van der Waals surface area (Å²) in [5.74, 6) is 0.636.